The first-order valence-corrected chi connectivity index (χ1v) is 5.58. The smallest absolute Gasteiger partial charge is 0.107 e. The summed E-state index contributed by atoms with van der Waals surface area (Å²) in [4.78, 5) is -1.59. The molecule has 0 spiro atoms. The van der Waals surface area contributed by atoms with Crippen LogP contribution in [0.25, 0.3) is 0 Å². The van der Waals surface area contributed by atoms with Gasteiger partial charge in [0.25, 0.3) is 9.05 Å². The molecule has 0 aromatic heterocycles. The van der Waals surface area contributed by atoms with Crippen molar-refractivity contribution in [3.05, 3.63) is 36.3 Å². The van der Waals surface area contributed by atoms with Gasteiger partial charge in [0.2, 0.25) is 0 Å². The molecule has 12 heavy (non-hydrogen) atoms. The number of allylic oxidation sites excluding steroid dienone is 3. The highest BCUT2D eigenvalue weighted by Crippen LogP contribution is 3.04. The molecule has 0 N–H and O–H groups in total. The van der Waals surface area contributed by atoms with Crippen LogP contribution in [0.5, 0.6) is 0 Å². The van der Waals surface area contributed by atoms with E-state index in [1.807, 2.05) is 0 Å². The zero-order chi connectivity index (χ0) is 10.1. The lowest BCUT2D eigenvalue weighted by Gasteiger charge is -2.43. The average Bonchev–Trinajstić information content (AvgIpc) is 1.76. The van der Waals surface area contributed by atoms with Gasteiger partial charge in [0.05, 0.1) is 4.91 Å². The van der Waals surface area contributed by atoms with Crippen molar-refractivity contribution in [2.75, 3.05) is 0 Å². The van der Waals surface area contributed by atoms with E-state index < -0.39 is 14.0 Å². The third-order valence-electron chi connectivity index (χ3n) is 0.929. The molecular formula is C6H7ClF4S. The second kappa shape index (κ2) is 2.29. The minimum Gasteiger partial charge on any atom is -0.107 e. The predicted molar refractivity (Wildman–Crippen MR) is 46.4 cm³/mol. The predicted octanol–water partition coefficient (Wildman–Crippen LogP) is 4.81. The van der Waals surface area contributed by atoms with Crippen LogP contribution >= 0.6 is 19.7 Å². The van der Waals surface area contributed by atoms with Crippen molar-refractivity contribution in [1.29, 1.82) is 0 Å². The van der Waals surface area contributed by atoms with Crippen LogP contribution in [-0.4, -0.2) is 0 Å². The van der Waals surface area contributed by atoms with E-state index in [4.69, 9.17) is 0 Å². The van der Waals surface area contributed by atoms with E-state index in [-0.39, 0.29) is 0 Å². The maximum atomic E-state index is 12.3. The minimum absolute atomic E-state index is 0.316. The number of hydrogen-bond acceptors (Lipinski definition) is 0. The van der Waals surface area contributed by atoms with Crippen LogP contribution in [0.2, 0.25) is 0 Å². The van der Waals surface area contributed by atoms with Crippen LogP contribution in [0.15, 0.2) is 36.3 Å². The summed E-state index contributed by atoms with van der Waals surface area (Å²) in [5.74, 6) is 0. The number of rotatable bonds is 3. The normalized spacial score (nSPS) is 19.2. The molecule has 6 heteroatoms. The summed E-state index contributed by atoms with van der Waals surface area (Å²) in [6.07, 6.45) is 1.54. The van der Waals surface area contributed by atoms with Gasteiger partial charge in [-0.3, -0.25) is 0 Å². The SMILES string of the molecule is C=C/C=C(\C=C)S(F)(F)(F)(F)Cl. The summed E-state index contributed by atoms with van der Waals surface area (Å²) in [6, 6.07) is 0. The maximum Gasteiger partial charge on any atom is 0.253 e. The van der Waals surface area contributed by atoms with Gasteiger partial charge in [0, 0.05) is 10.7 Å². The summed E-state index contributed by atoms with van der Waals surface area (Å²) in [6.45, 7) is 5.80. The molecule has 0 nitrogen and oxygen atoms in total. The molecule has 0 aliphatic carbocycles. The summed E-state index contributed by atoms with van der Waals surface area (Å²) in [5.41, 5.74) is 0. The molecule has 0 rings (SSSR count). The lowest BCUT2D eigenvalue weighted by Crippen LogP contribution is -2.05. The Morgan fingerprint density at radius 1 is 1.17 bits per heavy atom. The molecule has 0 fully saturated rings. The Balaban J connectivity index is 5.44. The Morgan fingerprint density at radius 3 is 1.67 bits per heavy atom. The molecule has 0 aromatic rings. The van der Waals surface area contributed by atoms with E-state index in [1.165, 1.54) is 0 Å². The summed E-state index contributed by atoms with van der Waals surface area (Å²) in [7, 11) is -4.60. The van der Waals surface area contributed by atoms with Crippen LogP contribution in [0, 0.1) is 0 Å². The summed E-state index contributed by atoms with van der Waals surface area (Å²) >= 11 is 0. The monoisotopic (exact) mass is 222 g/mol. The molecular weight excluding hydrogens is 216 g/mol. The molecule has 0 aliphatic heterocycles. The molecule has 0 aliphatic rings. The molecule has 0 heterocycles. The van der Waals surface area contributed by atoms with Gasteiger partial charge in [-0.1, -0.05) is 19.2 Å². The van der Waals surface area contributed by atoms with Crippen molar-refractivity contribution in [2.24, 2.45) is 0 Å². The van der Waals surface area contributed by atoms with Crippen LogP contribution in [0.3, 0.4) is 0 Å². The van der Waals surface area contributed by atoms with E-state index in [1.54, 1.807) is 0 Å². The van der Waals surface area contributed by atoms with Crippen LogP contribution in [0.1, 0.15) is 0 Å². The first kappa shape index (κ1) is 11.6. The minimum atomic E-state index is -8.56. The highest BCUT2D eigenvalue weighted by molar-refractivity contribution is 8.68. The third kappa shape index (κ3) is 3.32. The standard InChI is InChI=1S/C6H7ClF4S/c1-3-5-6(4-2)12(7,8,9,10)11/h3-5H,1-2H2/b6-5+. The number of hydrogen-bond donors (Lipinski definition) is 0. The lowest BCUT2D eigenvalue weighted by atomic mass is 10.5. The van der Waals surface area contributed by atoms with Crippen molar-refractivity contribution >= 4 is 19.7 Å². The Bertz CT molecular complexity index is 246. The Morgan fingerprint density at radius 2 is 1.58 bits per heavy atom. The van der Waals surface area contributed by atoms with E-state index in [2.05, 4.69) is 23.8 Å². The highest BCUT2D eigenvalue weighted by Gasteiger charge is 2.63. The molecule has 0 amide bonds. The van der Waals surface area contributed by atoms with E-state index in [0.717, 1.165) is 6.08 Å². The fraction of sp³-hybridized carbons (Fsp3) is 0. The second-order valence-corrected chi connectivity index (χ2v) is 6.25. The molecule has 72 valence electrons. The molecule has 0 bridgehead atoms. The highest BCUT2D eigenvalue weighted by atomic mass is 35.7. The van der Waals surface area contributed by atoms with Gasteiger partial charge in [-0.25, -0.2) is 0 Å². The third-order valence-corrected chi connectivity index (χ3v) is 2.66. The second-order valence-electron chi connectivity index (χ2n) is 1.98. The van der Waals surface area contributed by atoms with Crippen LogP contribution < -0.4 is 0 Å². The van der Waals surface area contributed by atoms with Crippen molar-refractivity contribution < 1.29 is 15.5 Å². The largest absolute Gasteiger partial charge is 0.253 e. The first-order valence-electron chi connectivity index (χ1n) is 2.70. The fourth-order valence-electron chi connectivity index (χ4n) is 0.470. The van der Waals surface area contributed by atoms with E-state index in [9.17, 15) is 15.5 Å². The first-order chi connectivity index (χ1) is 5.01. The zero-order valence-corrected chi connectivity index (χ0v) is 7.52. The van der Waals surface area contributed by atoms with Crippen molar-refractivity contribution in [1.82, 2.24) is 0 Å². The maximum absolute atomic E-state index is 12.3. The molecule has 0 atom stereocenters. The molecule has 0 aromatic carbocycles. The summed E-state index contributed by atoms with van der Waals surface area (Å²) in [5, 5.41) is 0. The molecule has 0 saturated carbocycles. The Hall–Kier alpha value is -0.420. The summed E-state index contributed by atoms with van der Waals surface area (Å²) < 4.78 is 49.2. The lowest BCUT2D eigenvalue weighted by molar-refractivity contribution is 0.497. The van der Waals surface area contributed by atoms with Crippen LogP contribution in [-0.2, 0) is 0 Å². The molecule has 0 unspecified atom stereocenters. The fourth-order valence-corrected chi connectivity index (χ4v) is 1.48. The van der Waals surface area contributed by atoms with E-state index in [0.29, 0.717) is 12.2 Å². The zero-order valence-electron chi connectivity index (χ0n) is 5.94. The van der Waals surface area contributed by atoms with Gasteiger partial charge in [0.1, 0.15) is 0 Å². The quantitative estimate of drug-likeness (QED) is 0.475. The number of halogens is 5. The van der Waals surface area contributed by atoms with Crippen molar-refractivity contribution in [3.63, 3.8) is 0 Å². The molecule has 0 saturated heterocycles. The van der Waals surface area contributed by atoms with Gasteiger partial charge in [-0.2, -0.15) is 0 Å². The Kier molecular flexibility index (Phi) is 2.21. The van der Waals surface area contributed by atoms with Crippen molar-refractivity contribution in [2.45, 2.75) is 0 Å². The van der Waals surface area contributed by atoms with E-state index >= 15 is 0 Å². The van der Waals surface area contributed by atoms with Gasteiger partial charge in [0.15, 0.2) is 0 Å². The Labute approximate surface area is 72.1 Å². The van der Waals surface area contributed by atoms with Gasteiger partial charge < -0.3 is 0 Å². The topological polar surface area (TPSA) is 0 Å². The van der Waals surface area contributed by atoms with Gasteiger partial charge in [-0.05, 0) is 12.2 Å². The average molecular weight is 223 g/mol. The van der Waals surface area contributed by atoms with Gasteiger partial charge in [-0.15, -0.1) is 15.5 Å². The van der Waals surface area contributed by atoms with Crippen molar-refractivity contribution in [3.8, 4) is 0 Å². The van der Waals surface area contributed by atoms with Crippen LogP contribution in [0.4, 0.5) is 15.5 Å². The van der Waals surface area contributed by atoms with Gasteiger partial charge >= 0.3 is 0 Å². The molecule has 0 radical (unpaired) electrons.